The third-order valence-electron chi connectivity index (χ3n) is 3.06. The Bertz CT molecular complexity index is 662. The Labute approximate surface area is 120 Å². The molecule has 0 unspecified atom stereocenters. The molecule has 0 aliphatic carbocycles. The Hall–Kier alpha value is -1.73. The van der Waals surface area contributed by atoms with Crippen LogP contribution >= 0.6 is 11.3 Å². The number of aromatic nitrogens is 2. The second kappa shape index (κ2) is 6.15. The van der Waals surface area contributed by atoms with E-state index in [0.29, 0.717) is 23.7 Å². The van der Waals surface area contributed by atoms with Crippen LogP contribution in [0.5, 0.6) is 0 Å². The van der Waals surface area contributed by atoms with E-state index >= 15 is 0 Å². The van der Waals surface area contributed by atoms with E-state index in [2.05, 4.69) is 4.98 Å². The molecule has 0 radical (unpaired) electrons. The Morgan fingerprint density at radius 1 is 1.55 bits per heavy atom. The van der Waals surface area contributed by atoms with Crippen LogP contribution in [-0.2, 0) is 11.3 Å². The van der Waals surface area contributed by atoms with Crippen LogP contribution in [0.4, 0.5) is 0 Å². The van der Waals surface area contributed by atoms with Gasteiger partial charge in [-0.3, -0.25) is 18.9 Å². The molecule has 0 spiro atoms. The molecule has 0 aromatic carbocycles. The number of rotatable bonds is 6. The average Bonchev–Trinajstić information content (AvgIpc) is 2.82. The highest BCUT2D eigenvalue weighted by Gasteiger charge is 2.14. The van der Waals surface area contributed by atoms with E-state index in [-0.39, 0.29) is 18.0 Å². The van der Waals surface area contributed by atoms with Crippen LogP contribution in [0.25, 0.3) is 4.96 Å². The summed E-state index contributed by atoms with van der Waals surface area (Å²) in [6.07, 6.45) is 1.78. The van der Waals surface area contributed by atoms with Gasteiger partial charge in [0.1, 0.15) is 0 Å². The smallest absolute Gasteiger partial charge is 0.304 e. The Kier molecular flexibility index (Phi) is 4.51. The molecular weight excluding hydrogens is 278 g/mol. The van der Waals surface area contributed by atoms with Crippen molar-refractivity contribution in [1.82, 2.24) is 14.3 Å². The van der Waals surface area contributed by atoms with Crippen LogP contribution in [-0.4, -0.2) is 37.9 Å². The predicted octanol–water partition coefficient (Wildman–Crippen LogP) is 1.44. The van der Waals surface area contributed by atoms with Crippen molar-refractivity contribution in [2.75, 3.05) is 6.54 Å². The monoisotopic (exact) mass is 295 g/mol. The molecular formula is C13H17N3O3S. The van der Waals surface area contributed by atoms with Gasteiger partial charge in [-0.15, -0.1) is 11.3 Å². The van der Waals surface area contributed by atoms with Crippen LogP contribution in [0.2, 0.25) is 0 Å². The summed E-state index contributed by atoms with van der Waals surface area (Å²) in [5.74, 6) is -0.822. The molecule has 6 nitrogen and oxygen atoms in total. The largest absolute Gasteiger partial charge is 0.481 e. The number of fused-ring (bicyclic) bond motifs is 1. The van der Waals surface area contributed by atoms with Gasteiger partial charge in [0, 0.05) is 36.8 Å². The number of hydrogen-bond donors (Lipinski definition) is 1. The molecule has 0 amide bonds. The Morgan fingerprint density at radius 3 is 2.95 bits per heavy atom. The zero-order chi connectivity index (χ0) is 14.7. The highest BCUT2D eigenvalue weighted by atomic mass is 32.1. The molecule has 0 saturated heterocycles. The van der Waals surface area contributed by atoms with Gasteiger partial charge in [-0.25, -0.2) is 4.98 Å². The van der Waals surface area contributed by atoms with Crippen LogP contribution < -0.4 is 5.56 Å². The minimum atomic E-state index is -0.822. The minimum Gasteiger partial charge on any atom is -0.481 e. The lowest BCUT2D eigenvalue weighted by Crippen LogP contribution is -2.33. The highest BCUT2D eigenvalue weighted by Crippen LogP contribution is 2.10. The van der Waals surface area contributed by atoms with Crippen LogP contribution in [0, 0.1) is 0 Å². The van der Waals surface area contributed by atoms with E-state index < -0.39 is 5.97 Å². The third-order valence-corrected chi connectivity index (χ3v) is 3.82. The molecule has 20 heavy (non-hydrogen) atoms. The molecule has 7 heteroatoms. The first-order valence-electron chi connectivity index (χ1n) is 6.39. The summed E-state index contributed by atoms with van der Waals surface area (Å²) in [5, 5.41) is 10.6. The minimum absolute atomic E-state index is 0.0818. The quantitative estimate of drug-likeness (QED) is 0.873. The van der Waals surface area contributed by atoms with Crippen molar-refractivity contribution in [3.8, 4) is 0 Å². The van der Waals surface area contributed by atoms with Crippen molar-refractivity contribution >= 4 is 22.3 Å². The fourth-order valence-electron chi connectivity index (χ4n) is 1.94. The summed E-state index contributed by atoms with van der Waals surface area (Å²) < 4.78 is 1.51. The maximum Gasteiger partial charge on any atom is 0.304 e. The maximum absolute atomic E-state index is 11.9. The van der Waals surface area contributed by atoms with Gasteiger partial charge in [-0.1, -0.05) is 0 Å². The SMILES string of the molecule is CC(C)N(CCC(=O)O)Cc1cc(=O)n2ccsc2n1. The maximum atomic E-state index is 11.9. The summed E-state index contributed by atoms with van der Waals surface area (Å²) in [4.78, 5) is 29.7. The van der Waals surface area contributed by atoms with E-state index in [0.717, 1.165) is 0 Å². The third kappa shape index (κ3) is 3.43. The summed E-state index contributed by atoms with van der Waals surface area (Å²) in [6, 6.07) is 1.70. The Balaban J connectivity index is 2.19. The molecule has 2 rings (SSSR count). The molecule has 2 heterocycles. The number of nitrogens with zero attached hydrogens (tertiary/aromatic N) is 3. The van der Waals surface area contributed by atoms with E-state index in [1.54, 1.807) is 6.20 Å². The lowest BCUT2D eigenvalue weighted by Gasteiger charge is -2.25. The van der Waals surface area contributed by atoms with Gasteiger partial charge in [0.05, 0.1) is 12.1 Å². The van der Waals surface area contributed by atoms with E-state index in [1.807, 2.05) is 24.1 Å². The molecule has 2 aromatic heterocycles. The molecule has 0 atom stereocenters. The summed E-state index contributed by atoms with van der Waals surface area (Å²) in [6.45, 7) is 4.92. The second-order valence-corrected chi connectivity index (χ2v) is 5.72. The number of carbonyl (C=O) groups is 1. The van der Waals surface area contributed by atoms with Crippen LogP contribution in [0.15, 0.2) is 22.4 Å². The van der Waals surface area contributed by atoms with Gasteiger partial charge in [0.2, 0.25) is 0 Å². The number of thiazole rings is 1. The summed E-state index contributed by atoms with van der Waals surface area (Å²) in [5.41, 5.74) is 0.574. The van der Waals surface area contributed by atoms with E-state index in [9.17, 15) is 9.59 Å². The standard InChI is InChI=1S/C13H17N3O3S/c1-9(2)15(4-3-12(18)19)8-10-7-11(17)16-5-6-20-13(16)14-10/h5-7,9H,3-4,8H2,1-2H3,(H,18,19). The Morgan fingerprint density at radius 2 is 2.30 bits per heavy atom. The van der Waals surface area contributed by atoms with E-state index in [1.165, 1.54) is 21.8 Å². The fraction of sp³-hybridized carbons (Fsp3) is 0.462. The number of aliphatic carboxylic acids is 1. The normalized spacial score (nSPS) is 11.6. The van der Waals surface area contributed by atoms with E-state index in [4.69, 9.17) is 5.11 Å². The predicted molar refractivity (Wildman–Crippen MR) is 77.1 cm³/mol. The first kappa shape index (κ1) is 14.7. The van der Waals surface area contributed by atoms with Crippen LogP contribution in [0.3, 0.4) is 0 Å². The second-order valence-electron chi connectivity index (χ2n) is 4.85. The van der Waals surface area contributed by atoms with Gasteiger partial charge in [0.15, 0.2) is 4.96 Å². The molecule has 2 aromatic rings. The average molecular weight is 295 g/mol. The number of carboxylic acid groups (broad SMARTS) is 1. The van der Waals surface area contributed by atoms with Gasteiger partial charge < -0.3 is 5.11 Å². The van der Waals surface area contributed by atoms with Crippen molar-refractivity contribution in [3.63, 3.8) is 0 Å². The van der Waals surface area contributed by atoms with Gasteiger partial charge in [-0.2, -0.15) is 0 Å². The molecule has 0 aliphatic rings. The highest BCUT2D eigenvalue weighted by molar-refractivity contribution is 7.15. The lowest BCUT2D eigenvalue weighted by molar-refractivity contribution is -0.137. The number of hydrogen-bond acceptors (Lipinski definition) is 5. The molecule has 0 aliphatic heterocycles. The zero-order valence-electron chi connectivity index (χ0n) is 11.4. The molecule has 108 valence electrons. The van der Waals surface area contributed by atoms with Crippen LogP contribution in [0.1, 0.15) is 26.0 Å². The molecule has 0 fully saturated rings. The summed E-state index contributed by atoms with van der Waals surface area (Å²) >= 11 is 1.41. The van der Waals surface area contributed by atoms with Crippen molar-refractivity contribution in [3.05, 3.63) is 33.7 Å². The zero-order valence-corrected chi connectivity index (χ0v) is 12.3. The van der Waals surface area contributed by atoms with Gasteiger partial charge in [-0.05, 0) is 13.8 Å². The topological polar surface area (TPSA) is 74.9 Å². The first-order chi connectivity index (χ1) is 9.47. The van der Waals surface area contributed by atoms with Gasteiger partial charge in [0.25, 0.3) is 5.56 Å². The fourth-order valence-corrected chi connectivity index (χ4v) is 2.67. The number of carboxylic acids is 1. The van der Waals surface area contributed by atoms with Gasteiger partial charge >= 0.3 is 5.97 Å². The molecule has 1 N–H and O–H groups in total. The van der Waals surface area contributed by atoms with Crippen molar-refractivity contribution in [1.29, 1.82) is 0 Å². The summed E-state index contributed by atoms with van der Waals surface area (Å²) in [7, 11) is 0. The van der Waals surface area contributed by atoms with Crippen molar-refractivity contribution < 1.29 is 9.90 Å². The van der Waals surface area contributed by atoms with Crippen molar-refractivity contribution in [2.24, 2.45) is 0 Å². The lowest BCUT2D eigenvalue weighted by atomic mass is 10.2. The first-order valence-corrected chi connectivity index (χ1v) is 7.27. The molecule has 0 saturated carbocycles. The molecule has 0 bridgehead atoms. The van der Waals surface area contributed by atoms with Crippen molar-refractivity contribution in [2.45, 2.75) is 32.9 Å².